The van der Waals surface area contributed by atoms with Crippen LogP contribution in [0.3, 0.4) is 0 Å². The lowest BCUT2D eigenvalue weighted by atomic mass is 10.1. The van der Waals surface area contributed by atoms with E-state index in [2.05, 4.69) is 16.0 Å². The van der Waals surface area contributed by atoms with Gasteiger partial charge < -0.3 is 16.0 Å². The zero-order valence-electron chi connectivity index (χ0n) is 10.8. The lowest BCUT2D eigenvalue weighted by Gasteiger charge is -2.24. The molecule has 1 aromatic rings. The molecular formula is C14H21N3O. The molecule has 0 saturated carbocycles. The zero-order valence-corrected chi connectivity index (χ0v) is 10.8. The molecule has 0 atom stereocenters. The van der Waals surface area contributed by atoms with E-state index in [1.165, 1.54) is 0 Å². The Kier molecular flexibility index (Phi) is 4.59. The van der Waals surface area contributed by atoms with Crippen LogP contribution >= 0.6 is 0 Å². The molecule has 1 aliphatic heterocycles. The van der Waals surface area contributed by atoms with Gasteiger partial charge in [0.25, 0.3) is 5.91 Å². The first-order chi connectivity index (χ1) is 8.79. The highest BCUT2D eigenvalue weighted by Crippen LogP contribution is 2.15. The van der Waals surface area contributed by atoms with Gasteiger partial charge >= 0.3 is 0 Å². The van der Waals surface area contributed by atoms with Crippen molar-refractivity contribution in [2.45, 2.75) is 25.8 Å². The molecule has 18 heavy (non-hydrogen) atoms. The summed E-state index contributed by atoms with van der Waals surface area (Å²) < 4.78 is 0. The Balaban J connectivity index is 2.00. The number of carbonyl (C=O) groups excluding carboxylic acids is 1. The van der Waals surface area contributed by atoms with Gasteiger partial charge in [0.2, 0.25) is 0 Å². The van der Waals surface area contributed by atoms with E-state index in [1.54, 1.807) is 0 Å². The average Bonchev–Trinajstić information content (AvgIpc) is 2.40. The van der Waals surface area contributed by atoms with Gasteiger partial charge in [-0.1, -0.05) is 6.07 Å². The van der Waals surface area contributed by atoms with Crippen LogP contribution in [0.15, 0.2) is 24.3 Å². The molecule has 1 fully saturated rings. The maximum absolute atomic E-state index is 11.7. The topological polar surface area (TPSA) is 53.2 Å². The minimum atomic E-state index is -0.00791. The van der Waals surface area contributed by atoms with E-state index in [9.17, 15) is 4.79 Å². The van der Waals surface area contributed by atoms with Crippen molar-refractivity contribution in [1.82, 2.24) is 10.6 Å². The SMILES string of the molecule is CCNC(=O)c1cccc(NC2CCNCC2)c1. The standard InChI is InChI=1S/C14H21N3O/c1-2-16-14(18)11-4-3-5-13(10-11)17-12-6-8-15-9-7-12/h3-5,10,12,15,17H,2,6-9H2,1H3,(H,16,18). The van der Waals surface area contributed by atoms with Crippen LogP contribution in [0.2, 0.25) is 0 Å². The molecule has 4 heteroatoms. The van der Waals surface area contributed by atoms with Gasteiger partial charge in [0.15, 0.2) is 0 Å². The van der Waals surface area contributed by atoms with E-state index in [0.29, 0.717) is 12.6 Å². The molecule has 1 amide bonds. The van der Waals surface area contributed by atoms with Crippen LogP contribution in [-0.2, 0) is 0 Å². The largest absolute Gasteiger partial charge is 0.382 e. The van der Waals surface area contributed by atoms with Crippen molar-refractivity contribution in [2.75, 3.05) is 25.0 Å². The zero-order chi connectivity index (χ0) is 12.8. The lowest BCUT2D eigenvalue weighted by molar-refractivity contribution is 0.0956. The third-order valence-corrected chi connectivity index (χ3v) is 3.17. The molecule has 1 saturated heterocycles. The van der Waals surface area contributed by atoms with Crippen molar-refractivity contribution in [3.8, 4) is 0 Å². The van der Waals surface area contributed by atoms with Crippen LogP contribution < -0.4 is 16.0 Å². The normalized spacial score (nSPS) is 16.3. The third kappa shape index (κ3) is 3.47. The number of carbonyl (C=O) groups is 1. The number of piperidine rings is 1. The van der Waals surface area contributed by atoms with Crippen LogP contribution in [0.5, 0.6) is 0 Å². The monoisotopic (exact) mass is 247 g/mol. The number of amides is 1. The Morgan fingerprint density at radius 3 is 2.89 bits per heavy atom. The highest BCUT2D eigenvalue weighted by molar-refractivity contribution is 5.95. The molecule has 1 aliphatic rings. The van der Waals surface area contributed by atoms with Gasteiger partial charge in [0.05, 0.1) is 0 Å². The summed E-state index contributed by atoms with van der Waals surface area (Å²) in [6, 6.07) is 8.22. The Morgan fingerprint density at radius 1 is 1.39 bits per heavy atom. The number of rotatable bonds is 4. The van der Waals surface area contributed by atoms with Crippen LogP contribution in [0, 0.1) is 0 Å². The molecule has 4 nitrogen and oxygen atoms in total. The average molecular weight is 247 g/mol. The molecule has 0 radical (unpaired) electrons. The number of anilines is 1. The van der Waals surface area contributed by atoms with E-state index < -0.39 is 0 Å². The minimum absolute atomic E-state index is 0.00791. The van der Waals surface area contributed by atoms with Gasteiger partial charge in [0, 0.05) is 23.8 Å². The predicted molar refractivity (Wildman–Crippen MR) is 74.0 cm³/mol. The fourth-order valence-corrected chi connectivity index (χ4v) is 2.21. The van der Waals surface area contributed by atoms with Gasteiger partial charge in [-0.3, -0.25) is 4.79 Å². The van der Waals surface area contributed by atoms with Crippen LogP contribution in [0.4, 0.5) is 5.69 Å². The van der Waals surface area contributed by atoms with Crippen molar-refractivity contribution in [1.29, 1.82) is 0 Å². The first-order valence-electron chi connectivity index (χ1n) is 6.65. The summed E-state index contributed by atoms with van der Waals surface area (Å²) in [6.45, 7) is 4.71. The molecule has 0 unspecified atom stereocenters. The second-order valence-corrected chi connectivity index (χ2v) is 4.61. The van der Waals surface area contributed by atoms with Crippen LogP contribution in [0.25, 0.3) is 0 Å². The molecule has 0 aliphatic carbocycles. The second-order valence-electron chi connectivity index (χ2n) is 4.61. The van der Waals surface area contributed by atoms with Gasteiger partial charge in [-0.15, -0.1) is 0 Å². The summed E-state index contributed by atoms with van der Waals surface area (Å²) in [5, 5.41) is 9.66. The summed E-state index contributed by atoms with van der Waals surface area (Å²) in [4.78, 5) is 11.7. The van der Waals surface area contributed by atoms with Crippen LogP contribution in [0.1, 0.15) is 30.1 Å². The highest BCUT2D eigenvalue weighted by atomic mass is 16.1. The smallest absolute Gasteiger partial charge is 0.251 e. The summed E-state index contributed by atoms with van der Waals surface area (Å²) in [7, 11) is 0. The van der Waals surface area contributed by atoms with Gasteiger partial charge in [-0.25, -0.2) is 0 Å². The van der Waals surface area contributed by atoms with Crippen molar-refractivity contribution >= 4 is 11.6 Å². The quantitative estimate of drug-likeness (QED) is 0.757. The lowest BCUT2D eigenvalue weighted by Crippen LogP contribution is -2.35. The van der Waals surface area contributed by atoms with Crippen molar-refractivity contribution in [3.63, 3.8) is 0 Å². The Labute approximate surface area is 108 Å². The first kappa shape index (κ1) is 12.9. The van der Waals surface area contributed by atoms with E-state index in [1.807, 2.05) is 31.2 Å². The number of benzene rings is 1. The Bertz CT molecular complexity index is 400. The highest BCUT2D eigenvalue weighted by Gasteiger charge is 2.13. The van der Waals surface area contributed by atoms with Crippen molar-refractivity contribution in [2.24, 2.45) is 0 Å². The van der Waals surface area contributed by atoms with Crippen molar-refractivity contribution < 1.29 is 4.79 Å². The summed E-state index contributed by atoms with van der Waals surface area (Å²) in [5.41, 5.74) is 1.75. The molecule has 0 spiro atoms. The second kappa shape index (κ2) is 6.40. The molecule has 1 heterocycles. The molecular weight excluding hydrogens is 226 g/mol. The summed E-state index contributed by atoms with van der Waals surface area (Å²) in [5.74, 6) is -0.00791. The molecule has 0 bridgehead atoms. The molecule has 3 N–H and O–H groups in total. The van der Waals surface area contributed by atoms with Gasteiger partial charge in [0.1, 0.15) is 0 Å². The van der Waals surface area contributed by atoms with E-state index in [4.69, 9.17) is 0 Å². The first-order valence-corrected chi connectivity index (χ1v) is 6.65. The van der Waals surface area contributed by atoms with Gasteiger partial charge in [-0.2, -0.15) is 0 Å². The maximum Gasteiger partial charge on any atom is 0.251 e. The summed E-state index contributed by atoms with van der Waals surface area (Å²) in [6.07, 6.45) is 2.26. The molecule has 98 valence electrons. The molecule has 1 aromatic carbocycles. The summed E-state index contributed by atoms with van der Waals surface area (Å²) >= 11 is 0. The molecule has 2 rings (SSSR count). The van der Waals surface area contributed by atoms with E-state index in [-0.39, 0.29) is 5.91 Å². The van der Waals surface area contributed by atoms with E-state index >= 15 is 0 Å². The maximum atomic E-state index is 11.7. The number of hydrogen-bond donors (Lipinski definition) is 3. The van der Waals surface area contributed by atoms with E-state index in [0.717, 1.165) is 37.2 Å². The van der Waals surface area contributed by atoms with Gasteiger partial charge in [-0.05, 0) is 51.1 Å². The number of hydrogen-bond acceptors (Lipinski definition) is 3. The minimum Gasteiger partial charge on any atom is -0.382 e. The third-order valence-electron chi connectivity index (χ3n) is 3.17. The Morgan fingerprint density at radius 2 is 2.17 bits per heavy atom. The number of nitrogens with one attached hydrogen (secondary N) is 3. The fraction of sp³-hybridized carbons (Fsp3) is 0.500. The predicted octanol–water partition coefficient (Wildman–Crippen LogP) is 1.60. The van der Waals surface area contributed by atoms with Crippen LogP contribution in [-0.4, -0.2) is 31.6 Å². The molecule has 0 aromatic heterocycles. The van der Waals surface area contributed by atoms with Crippen molar-refractivity contribution in [3.05, 3.63) is 29.8 Å². The fourth-order valence-electron chi connectivity index (χ4n) is 2.21. The Hall–Kier alpha value is -1.55.